The molecule has 1 heterocycles. The number of anilines is 1. The fraction of sp³-hybridized carbons (Fsp3) is 0.250. The van der Waals surface area contributed by atoms with Gasteiger partial charge in [0.1, 0.15) is 5.75 Å². The van der Waals surface area contributed by atoms with Crippen LogP contribution in [0.25, 0.3) is 0 Å². The first-order chi connectivity index (χ1) is 15.8. The fourth-order valence-corrected chi connectivity index (χ4v) is 4.06. The lowest BCUT2D eigenvalue weighted by Crippen LogP contribution is -2.19. The molecule has 3 N–H and O–H groups in total. The molecule has 2 amide bonds. The predicted molar refractivity (Wildman–Crippen MR) is 129 cm³/mol. The second-order valence-electron chi connectivity index (χ2n) is 7.52. The first-order valence-electron chi connectivity index (χ1n) is 10.4. The van der Waals surface area contributed by atoms with Gasteiger partial charge in [0, 0.05) is 6.54 Å². The molecular formula is C24H27N5O3S. The highest BCUT2D eigenvalue weighted by atomic mass is 32.2. The highest BCUT2D eigenvalue weighted by molar-refractivity contribution is 7.99. The van der Waals surface area contributed by atoms with E-state index >= 15 is 0 Å². The Kier molecular flexibility index (Phi) is 7.89. The first-order valence-corrected chi connectivity index (χ1v) is 11.4. The van der Waals surface area contributed by atoms with Crippen LogP contribution in [0.3, 0.4) is 0 Å². The lowest BCUT2D eigenvalue weighted by atomic mass is 10.1. The topological polar surface area (TPSA) is 112 Å². The number of ether oxygens (including phenoxy) is 1. The molecule has 3 rings (SSSR count). The van der Waals surface area contributed by atoms with E-state index in [1.807, 2.05) is 37.5 Å². The number of rotatable bonds is 10. The van der Waals surface area contributed by atoms with Crippen molar-refractivity contribution in [1.82, 2.24) is 14.8 Å². The molecule has 1 atom stereocenters. The monoisotopic (exact) mass is 465 g/mol. The Morgan fingerprint density at radius 1 is 1.24 bits per heavy atom. The summed E-state index contributed by atoms with van der Waals surface area (Å²) in [6.07, 6.45) is 1.38. The Morgan fingerprint density at radius 2 is 2.00 bits per heavy atom. The first kappa shape index (κ1) is 24.1. The summed E-state index contributed by atoms with van der Waals surface area (Å²) in [6.45, 7) is 10.2. The average Bonchev–Trinajstić information content (AvgIpc) is 3.17. The molecule has 0 fully saturated rings. The highest BCUT2D eigenvalue weighted by Gasteiger charge is 2.20. The number of thioether (sulfide) groups is 1. The summed E-state index contributed by atoms with van der Waals surface area (Å²) in [6, 6.07) is 12.6. The zero-order chi connectivity index (χ0) is 24.0. The van der Waals surface area contributed by atoms with Crippen molar-refractivity contribution in [3.05, 3.63) is 77.6 Å². The number of nitrogens with two attached hydrogens (primary N) is 1. The maximum Gasteiger partial charge on any atom is 0.250 e. The molecule has 3 aromatic rings. The van der Waals surface area contributed by atoms with E-state index < -0.39 is 5.91 Å². The van der Waals surface area contributed by atoms with Crippen molar-refractivity contribution < 1.29 is 14.3 Å². The predicted octanol–water partition coefficient (Wildman–Crippen LogP) is 4.05. The molecule has 1 aromatic heterocycles. The van der Waals surface area contributed by atoms with Crippen molar-refractivity contribution in [2.45, 2.75) is 38.6 Å². The minimum absolute atomic E-state index is 0.0781. The van der Waals surface area contributed by atoms with Gasteiger partial charge in [0.2, 0.25) is 5.91 Å². The van der Waals surface area contributed by atoms with Crippen molar-refractivity contribution >= 4 is 29.3 Å². The molecule has 0 radical (unpaired) electrons. The normalized spacial score (nSPS) is 11.6. The number of hydrogen-bond donors (Lipinski definition) is 2. The largest absolute Gasteiger partial charge is 0.482 e. The maximum absolute atomic E-state index is 12.5. The molecule has 0 spiro atoms. The molecule has 8 nitrogen and oxygen atoms in total. The van der Waals surface area contributed by atoms with Crippen LogP contribution in [0, 0.1) is 13.8 Å². The summed E-state index contributed by atoms with van der Waals surface area (Å²) in [4.78, 5) is 24.0. The van der Waals surface area contributed by atoms with Crippen LogP contribution in [0.4, 0.5) is 5.69 Å². The van der Waals surface area contributed by atoms with Gasteiger partial charge in [-0.05, 0) is 44.5 Å². The molecule has 0 saturated carbocycles. The number of carbonyl (C=O) groups excluding carboxylic acids is 2. The summed E-state index contributed by atoms with van der Waals surface area (Å²) in [5.74, 6) is 0.601. The Morgan fingerprint density at radius 3 is 2.70 bits per heavy atom. The Bertz CT molecular complexity index is 1170. The summed E-state index contributed by atoms with van der Waals surface area (Å²) >= 11 is 1.24. The zero-order valence-electron chi connectivity index (χ0n) is 18.9. The number of nitrogens with zero attached hydrogens (tertiary/aromatic N) is 3. The molecule has 33 heavy (non-hydrogen) atoms. The number of allylic oxidation sites excluding steroid dienone is 1. The van der Waals surface area contributed by atoms with E-state index in [0.717, 1.165) is 16.9 Å². The quantitative estimate of drug-likeness (QED) is 0.345. The Balaban J connectivity index is 1.71. The van der Waals surface area contributed by atoms with E-state index in [9.17, 15) is 9.59 Å². The number of nitrogens with one attached hydrogen (secondary N) is 1. The van der Waals surface area contributed by atoms with Crippen molar-refractivity contribution in [2.24, 2.45) is 5.73 Å². The number of para-hydroxylation sites is 1. The van der Waals surface area contributed by atoms with E-state index in [2.05, 4.69) is 28.2 Å². The van der Waals surface area contributed by atoms with Gasteiger partial charge >= 0.3 is 0 Å². The molecule has 0 bridgehead atoms. The van der Waals surface area contributed by atoms with Gasteiger partial charge in [0.05, 0.1) is 17.0 Å². The second kappa shape index (κ2) is 10.8. The Hall–Kier alpha value is -3.59. The summed E-state index contributed by atoms with van der Waals surface area (Å²) in [5.41, 5.74) is 8.21. The van der Waals surface area contributed by atoms with E-state index in [1.54, 1.807) is 30.3 Å². The summed E-state index contributed by atoms with van der Waals surface area (Å²) in [7, 11) is 0. The third kappa shape index (κ3) is 6.01. The molecule has 0 aliphatic rings. The number of aryl methyl sites for hydroxylation is 2. The van der Waals surface area contributed by atoms with Gasteiger partial charge in [0.15, 0.2) is 17.1 Å². The van der Waals surface area contributed by atoms with Crippen LogP contribution in [0.1, 0.15) is 40.3 Å². The van der Waals surface area contributed by atoms with Gasteiger partial charge in [-0.25, -0.2) is 0 Å². The van der Waals surface area contributed by atoms with Crippen LogP contribution >= 0.6 is 11.8 Å². The van der Waals surface area contributed by atoms with Crippen LogP contribution in [-0.2, 0) is 11.3 Å². The fourth-order valence-electron chi connectivity index (χ4n) is 3.31. The van der Waals surface area contributed by atoms with Crippen LogP contribution in [0.2, 0.25) is 0 Å². The van der Waals surface area contributed by atoms with Crippen molar-refractivity contribution in [3.8, 4) is 5.75 Å². The SMILES string of the molecule is C=CCn1c(SCC(=O)Nc2ccccc2C(N)=O)nnc1C(C)Oc1ccc(C)cc1C. The standard InChI is InChI=1S/C24H27N5O3S/c1-5-12-29-23(17(4)32-20-11-10-15(2)13-16(20)3)27-28-24(29)33-14-21(30)26-19-9-7-6-8-18(19)22(25)31/h5-11,13,17H,1,12,14H2,2-4H3,(H2,25,31)(H,26,30). The van der Waals surface area contributed by atoms with Gasteiger partial charge in [-0.2, -0.15) is 0 Å². The molecule has 9 heteroatoms. The average molecular weight is 466 g/mol. The number of hydrogen-bond acceptors (Lipinski definition) is 6. The molecule has 172 valence electrons. The van der Waals surface area contributed by atoms with Crippen molar-refractivity contribution in [1.29, 1.82) is 0 Å². The smallest absolute Gasteiger partial charge is 0.250 e. The molecule has 0 saturated heterocycles. The minimum atomic E-state index is -0.605. The number of benzene rings is 2. The lowest BCUT2D eigenvalue weighted by Gasteiger charge is -2.17. The summed E-state index contributed by atoms with van der Waals surface area (Å²) < 4.78 is 8.01. The number of primary amides is 1. The van der Waals surface area contributed by atoms with E-state index in [-0.39, 0.29) is 23.3 Å². The van der Waals surface area contributed by atoms with E-state index in [1.165, 1.54) is 11.8 Å². The number of amides is 2. The maximum atomic E-state index is 12.5. The lowest BCUT2D eigenvalue weighted by molar-refractivity contribution is -0.113. The summed E-state index contributed by atoms with van der Waals surface area (Å²) in [5, 5.41) is 11.8. The molecule has 0 aliphatic heterocycles. The Labute approximate surface area is 197 Å². The van der Waals surface area contributed by atoms with Crippen LogP contribution in [-0.4, -0.2) is 32.3 Å². The van der Waals surface area contributed by atoms with Gasteiger partial charge in [-0.3, -0.25) is 14.2 Å². The third-order valence-electron chi connectivity index (χ3n) is 4.85. The van der Waals surface area contributed by atoms with Crippen molar-refractivity contribution in [3.63, 3.8) is 0 Å². The molecular weight excluding hydrogens is 438 g/mol. The molecule has 1 unspecified atom stereocenters. The minimum Gasteiger partial charge on any atom is -0.482 e. The van der Waals surface area contributed by atoms with E-state index in [0.29, 0.717) is 23.2 Å². The van der Waals surface area contributed by atoms with Crippen LogP contribution in [0.5, 0.6) is 5.75 Å². The van der Waals surface area contributed by atoms with Gasteiger partial charge in [0.25, 0.3) is 5.91 Å². The van der Waals surface area contributed by atoms with Gasteiger partial charge in [-0.15, -0.1) is 16.8 Å². The van der Waals surface area contributed by atoms with Gasteiger partial charge in [-0.1, -0.05) is 47.7 Å². The molecule has 0 aliphatic carbocycles. The second-order valence-corrected chi connectivity index (χ2v) is 8.46. The molecule has 2 aromatic carbocycles. The zero-order valence-corrected chi connectivity index (χ0v) is 19.7. The highest BCUT2D eigenvalue weighted by Crippen LogP contribution is 2.27. The van der Waals surface area contributed by atoms with Crippen LogP contribution < -0.4 is 15.8 Å². The van der Waals surface area contributed by atoms with Gasteiger partial charge < -0.3 is 15.8 Å². The number of aromatic nitrogens is 3. The number of carbonyl (C=O) groups is 2. The van der Waals surface area contributed by atoms with Crippen molar-refractivity contribution in [2.75, 3.05) is 11.1 Å². The van der Waals surface area contributed by atoms with E-state index in [4.69, 9.17) is 10.5 Å². The third-order valence-corrected chi connectivity index (χ3v) is 5.82. The van der Waals surface area contributed by atoms with Crippen LogP contribution in [0.15, 0.2) is 60.3 Å².